The van der Waals surface area contributed by atoms with Gasteiger partial charge < -0.3 is 9.15 Å². The first-order valence-electron chi connectivity index (χ1n) is 6.44. The van der Waals surface area contributed by atoms with Gasteiger partial charge in [-0.2, -0.15) is 0 Å². The van der Waals surface area contributed by atoms with E-state index in [0.29, 0.717) is 6.61 Å². The van der Waals surface area contributed by atoms with Gasteiger partial charge in [0.25, 0.3) is 0 Å². The van der Waals surface area contributed by atoms with Gasteiger partial charge in [0, 0.05) is 11.0 Å². The van der Waals surface area contributed by atoms with Gasteiger partial charge in [0.1, 0.15) is 18.1 Å². The maximum absolute atomic E-state index is 5.71. The van der Waals surface area contributed by atoms with Crippen LogP contribution in [0.25, 0.3) is 11.3 Å². The van der Waals surface area contributed by atoms with Crippen molar-refractivity contribution in [2.75, 3.05) is 0 Å². The van der Waals surface area contributed by atoms with Crippen molar-refractivity contribution >= 4 is 18.2 Å². The number of rotatable bonds is 2. The SMILES string of the molecule is CC(C)(C)S/N=C/c1ccc2c(c1)OCc1ncoc1-2. The summed E-state index contributed by atoms with van der Waals surface area (Å²) >= 11 is 1.56. The molecule has 0 atom stereocenters. The summed E-state index contributed by atoms with van der Waals surface area (Å²) < 4.78 is 15.6. The monoisotopic (exact) mass is 288 g/mol. The Kier molecular flexibility index (Phi) is 3.30. The lowest BCUT2D eigenvalue weighted by Crippen LogP contribution is -2.05. The van der Waals surface area contributed by atoms with Crippen molar-refractivity contribution in [2.24, 2.45) is 4.40 Å². The molecular formula is C15H16N2O2S. The van der Waals surface area contributed by atoms with Crippen LogP contribution in [-0.2, 0) is 6.61 Å². The number of benzene rings is 1. The first-order valence-corrected chi connectivity index (χ1v) is 7.21. The van der Waals surface area contributed by atoms with Gasteiger partial charge in [0.05, 0.1) is 5.56 Å². The Bertz CT molecular complexity index is 656. The van der Waals surface area contributed by atoms with Crippen LogP contribution in [0.3, 0.4) is 0 Å². The minimum Gasteiger partial charge on any atom is -0.486 e. The van der Waals surface area contributed by atoms with Crippen molar-refractivity contribution in [3.63, 3.8) is 0 Å². The number of aromatic nitrogens is 1. The predicted molar refractivity (Wildman–Crippen MR) is 81.2 cm³/mol. The molecule has 2 aromatic rings. The molecule has 1 aromatic heterocycles. The van der Waals surface area contributed by atoms with E-state index in [1.165, 1.54) is 6.39 Å². The van der Waals surface area contributed by atoms with Crippen LogP contribution in [0, 0.1) is 0 Å². The van der Waals surface area contributed by atoms with Crippen LogP contribution in [0.4, 0.5) is 0 Å². The molecule has 2 heterocycles. The number of ether oxygens (including phenoxy) is 1. The third kappa shape index (κ3) is 2.72. The number of hydrogen-bond acceptors (Lipinski definition) is 5. The van der Waals surface area contributed by atoms with Crippen LogP contribution in [-0.4, -0.2) is 15.9 Å². The van der Waals surface area contributed by atoms with Crippen LogP contribution < -0.4 is 4.74 Å². The maximum Gasteiger partial charge on any atom is 0.181 e. The molecule has 104 valence electrons. The third-order valence-corrected chi connectivity index (χ3v) is 3.54. The van der Waals surface area contributed by atoms with Gasteiger partial charge in [-0.05, 0) is 50.4 Å². The van der Waals surface area contributed by atoms with Crippen molar-refractivity contribution in [1.29, 1.82) is 0 Å². The fraction of sp³-hybridized carbons (Fsp3) is 0.333. The molecule has 0 unspecified atom stereocenters. The Morgan fingerprint density at radius 2 is 2.20 bits per heavy atom. The van der Waals surface area contributed by atoms with E-state index in [4.69, 9.17) is 9.15 Å². The van der Waals surface area contributed by atoms with Crippen LogP contribution >= 0.6 is 11.9 Å². The average molecular weight is 288 g/mol. The second-order valence-electron chi connectivity index (χ2n) is 5.61. The van der Waals surface area contributed by atoms with Crippen molar-refractivity contribution in [3.8, 4) is 17.1 Å². The highest BCUT2D eigenvalue weighted by atomic mass is 32.2. The van der Waals surface area contributed by atoms with Gasteiger partial charge in [-0.25, -0.2) is 9.38 Å². The lowest BCUT2D eigenvalue weighted by Gasteiger charge is -2.16. The highest BCUT2D eigenvalue weighted by Gasteiger charge is 2.21. The minimum absolute atomic E-state index is 0.121. The van der Waals surface area contributed by atoms with Crippen LogP contribution in [0.5, 0.6) is 5.75 Å². The molecule has 0 saturated carbocycles. The fourth-order valence-electron chi connectivity index (χ4n) is 1.91. The molecule has 1 aliphatic heterocycles. The zero-order chi connectivity index (χ0) is 14.2. The Labute approximate surface area is 122 Å². The predicted octanol–water partition coefficient (Wildman–Crippen LogP) is 4.10. The van der Waals surface area contributed by atoms with E-state index in [1.54, 1.807) is 11.9 Å². The minimum atomic E-state index is 0.121. The molecule has 3 rings (SSSR count). The van der Waals surface area contributed by atoms with E-state index in [2.05, 4.69) is 30.2 Å². The number of nitrogens with zero attached hydrogens (tertiary/aromatic N) is 2. The average Bonchev–Trinajstić information content (AvgIpc) is 2.85. The van der Waals surface area contributed by atoms with Crippen molar-refractivity contribution in [3.05, 3.63) is 35.9 Å². The number of oxazole rings is 1. The smallest absolute Gasteiger partial charge is 0.181 e. The lowest BCUT2D eigenvalue weighted by molar-refractivity contribution is 0.295. The molecule has 0 spiro atoms. The molecule has 20 heavy (non-hydrogen) atoms. The molecule has 0 fully saturated rings. The molecule has 0 amide bonds. The van der Waals surface area contributed by atoms with E-state index >= 15 is 0 Å². The van der Waals surface area contributed by atoms with Crippen molar-refractivity contribution in [1.82, 2.24) is 4.98 Å². The molecule has 0 bridgehead atoms. The van der Waals surface area contributed by atoms with E-state index in [0.717, 1.165) is 28.3 Å². The number of hydrogen-bond donors (Lipinski definition) is 0. The van der Waals surface area contributed by atoms with E-state index < -0.39 is 0 Å². The molecule has 5 heteroatoms. The molecule has 0 N–H and O–H groups in total. The Morgan fingerprint density at radius 3 is 3.00 bits per heavy atom. The summed E-state index contributed by atoms with van der Waals surface area (Å²) in [5.41, 5.74) is 2.81. The molecule has 4 nitrogen and oxygen atoms in total. The molecule has 0 aliphatic carbocycles. The summed E-state index contributed by atoms with van der Waals surface area (Å²) in [5.74, 6) is 1.62. The lowest BCUT2D eigenvalue weighted by atomic mass is 10.1. The molecule has 0 saturated heterocycles. The van der Waals surface area contributed by atoms with Gasteiger partial charge in [-0.1, -0.05) is 6.07 Å². The topological polar surface area (TPSA) is 47.6 Å². The van der Waals surface area contributed by atoms with E-state index in [1.807, 2.05) is 24.4 Å². The molecular weight excluding hydrogens is 272 g/mol. The molecule has 1 aliphatic rings. The Morgan fingerprint density at radius 1 is 1.35 bits per heavy atom. The highest BCUT2D eigenvalue weighted by molar-refractivity contribution is 7.99. The largest absolute Gasteiger partial charge is 0.486 e. The van der Waals surface area contributed by atoms with Crippen LogP contribution in [0.15, 0.2) is 33.4 Å². The van der Waals surface area contributed by atoms with Crippen molar-refractivity contribution in [2.45, 2.75) is 32.1 Å². The first kappa shape index (κ1) is 13.2. The van der Waals surface area contributed by atoms with Gasteiger partial charge in [-0.3, -0.25) is 0 Å². The zero-order valence-electron chi connectivity index (χ0n) is 11.7. The van der Waals surface area contributed by atoms with Crippen molar-refractivity contribution < 1.29 is 9.15 Å². The molecule has 1 aromatic carbocycles. The third-order valence-electron chi connectivity index (χ3n) is 2.78. The highest BCUT2D eigenvalue weighted by Crippen LogP contribution is 2.37. The number of fused-ring (bicyclic) bond motifs is 3. The van der Waals surface area contributed by atoms with Gasteiger partial charge in [0.2, 0.25) is 0 Å². The summed E-state index contributed by atoms with van der Waals surface area (Å²) in [6, 6.07) is 5.97. The van der Waals surface area contributed by atoms with Gasteiger partial charge >= 0.3 is 0 Å². The summed E-state index contributed by atoms with van der Waals surface area (Å²) in [6.45, 7) is 6.86. The fourth-order valence-corrected chi connectivity index (χ4v) is 2.40. The second-order valence-corrected chi connectivity index (χ2v) is 7.23. The van der Waals surface area contributed by atoms with Gasteiger partial charge in [-0.15, -0.1) is 0 Å². The molecule has 0 radical (unpaired) electrons. The summed E-state index contributed by atoms with van der Waals surface area (Å²) in [6.07, 6.45) is 3.31. The standard InChI is InChI=1S/C15H16N2O2S/c1-15(2,3)20-17-7-10-4-5-11-13(6-10)18-8-12-14(11)19-9-16-12/h4-7,9H,8H2,1-3H3/b17-7+. The zero-order valence-corrected chi connectivity index (χ0v) is 12.5. The van der Waals surface area contributed by atoms with Crippen LogP contribution in [0.2, 0.25) is 0 Å². The second kappa shape index (κ2) is 4.98. The van der Waals surface area contributed by atoms with Crippen LogP contribution in [0.1, 0.15) is 32.0 Å². The van der Waals surface area contributed by atoms with E-state index in [9.17, 15) is 0 Å². The normalized spacial score (nSPS) is 13.9. The Hall–Kier alpha value is -1.75. The quantitative estimate of drug-likeness (QED) is 0.616. The van der Waals surface area contributed by atoms with Gasteiger partial charge in [0.15, 0.2) is 12.2 Å². The Balaban J connectivity index is 1.85. The maximum atomic E-state index is 5.71. The summed E-state index contributed by atoms with van der Waals surface area (Å²) in [5, 5.41) is 0. The summed E-state index contributed by atoms with van der Waals surface area (Å²) in [7, 11) is 0. The first-order chi connectivity index (χ1) is 9.53. The van der Waals surface area contributed by atoms with E-state index in [-0.39, 0.29) is 4.75 Å². The summed E-state index contributed by atoms with van der Waals surface area (Å²) in [4.78, 5) is 4.13.